The Balaban J connectivity index is 1.87. The molecule has 4 aliphatic rings. The van der Waals surface area contributed by atoms with Crippen molar-refractivity contribution < 1.29 is 9.53 Å². The number of rotatable bonds is 0. The lowest BCUT2D eigenvalue weighted by Gasteiger charge is -2.58. The molecule has 3 heteroatoms. The second-order valence-electron chi connectivity index (χ2n) is 3.80. The molecule has 2 saturated carbocycles. The van der Waals surface area contributed by atoms with Crippen molar-refractivity contribution in [2.45, 2.75) is 31.4 Å². The molecule has 2 heterocycles. The van der Waals surface area contributed by atoms with Gasteiger partial charge in [-0.25, -0.2) is 4.79 Å². The summed E-state index contributed by atoms with van der Waals surface area (Å²) in [5.74, 6) is 1.29. The molecule has 4 bridgehead atoms. The fourth-order valence-electron chi connectivity index (χ4n) is 2.86. The lowest BCUT2D eigenvalue weighted by atomic mass is 9.58. The summed E-state index contributed by atoms with van der Waals surface area (Å²) in [5.41, 5.74) is 0. The smallest absolute Gasteiger partial charge is 0.407 e. The van der Waals surface area contributed by atoms with Crippen LogP contribution >= 0.6 is 0 Å². The van der Waals surface area contributed by atoms with Crippen LogP contribution in [0.25, 0.3) is 0 Å². The molecule has 60 valence electrons. The fraction of sp³-hybridized carbons (Fsp3) is 0.875. The maximum Gasteiger partial charge on any atom is 0.407 e. The van der Waals surface area contributed by atoms with Crippen LogP contribution in [0.2, 0.25) is 0 Å². The van der Waals surface area contributed by atoms with Crippen LogP contribution in [-0.4, -0.2) is 18.2 Å². The largest absolute Gasteiger partial charge is 0.445 e. The first-order chi connectivity index (χ1) is 5.36. The summed E-state index contributed by atoms with van der Waals surface area (Å²) in [6.07, 6.45) is 3.89. The van der Waals surface area contributed by atoms with Gasteiger partial charge in [0.2, 0.25) is 0 Å². The molecule has 4 fully saturated rings. The summed E-state index contributed by atoms with van der Waals surface area (Å²) in [6.45, 7) is 0. The maximum atomic E-state index is 10.8. The van der Waals surface area contributed by atoms with Gasteiger partial charge in [-0.1, -0.05) is 6.42 Å². The Morgan fingerprint density at radius 3 is 2.64 bits per heavy atom. The number of amides is 1. The molecule has 2 aliphatic carbocycles. The molecule has 3 nitrogen and oxygen atoms in total. The normalized spacial score (nSPS) is 52.2. The van der Waals surface area contributed by atoms with Crippen molar-refractivity contribution in [3.63, 3.8) is 0 Å². The van der Waals surface area contributed by atoms with Gasteiger partial charge in [0.25, 0.3) is 0 Å². The van der Waals surface area contributed by atoms with Crippen molar-refractivity contribution >= 4 is 6.09 Å². The van der Waals surface area contributed by atoms with Crippen LogP contribution in [-0.2, 0) is 4.74 Å². The van der Waals surface area contributed by atoms with Crippen molar-refractivity contribution in [1.29, 1.82) is 0 Å². The van der Waals surface area contributed by atoms with Crippen molar-refractivity contribution in [2.24, 2.45) is 11.8 Å². The molecular weight excluding hydrogens is 142 g/mol. The predicted molar refractivity (Wildman–Crippen MR) is 38.0 cm³/mol. The van der Waals surface area contributed by atoms with Crippen molar-refractivity contribution in [2.75, 3.05) is 0 Å². The Morgan fingerprint density at radius 1 is 1.36 bits per heavy atom. The third kappa shape index (κ3) is 0.572. The summed E-state index contributed by atoms with van der Waals surface area (Å²) in [5, 5.41) is 2.89. The van der Waals surface area contributed by atoms with Gasteiger partial charge < -0.3 is 10.1 Å². The van der Waals surface area contributed by atoms with Crippen LogP contribution < -0.4 is 5.32 Å². The topological polar surface area (TPSA) is 38.3 Å². The minimum Gasteiger partial charge on any atom is -0.445 e. The summed E-state index contributed by atoms with van der Waals surface area (Å²) in [6, 6.07) is 0.468. The Hall–Kier alpha value is -0.730. The number of carbonyl (C=O) groups is 1. The molecule has 2 unspecified atom stereocenters. The molecule has 2 saturated heterocycles. The van der Waals surface area contributed by atoms with E-state index in [4.69, 9.17) is 4.74 Å². The van der Waals surface area contributed by atoms with Gasteiger partial charge in [0.15, 0.2) is 0 Å². The zero-order chi connectivity index (χ0) is 7.42. The number of fused-ring (bicyclic) bond motifs is 2. The van der Waals surface area contributed by atoms with E-state index >= 15 is 0 Å². The first-order valence-corrected chi connectivity index (χ1v) is 4.33. The average molecular weight is 153 g/mol. The highest BCUT2D eigenvalue weighted by Crippen LogP contribution is 2.49. The Morgan fingerprint density at radius 2 is 2.09 bits per heavy atom. The molecule has 0 spiro atoms. The zero-order valence-corrected chi connectivity index (χ0v) is 6.25. The van der Waals surface area contributed by atoms with Gasteiger partial charge in [-0.3, -0.25) is 0 Å². The number of alkyl carbamates (subject to hydrolysis) is 1. The van der Waals surface area contributed by atoms with E-state index in [2.05, 4.69) is 5.32 Å². The lowest BCUT2D eigenvalue weighted by Crippen LogP contribution is -2.71. The van der Waals surface area contributed by atoms with Crippen molar-refractivity contribution in [3.05, 3.63) is 0 Å². The van der Waals surface area contributed by atoms with Gasteiger partial charge in [-0.2, -0.15) is 0 Å². The molecule has 4 rings (SSSR count). The van der Waals surface area contributed by atoms with Gasteiger partial charge in [0, 0.05) is 17.9 Å². The van der Waals surface area contributed by atoms with Gasteiger partial charge in [0.05, 0.1) is 0 Å². The van der Waals surface area contributed by atoms with E-state index in [1.54, 1.807) is 0 Å². The van der Waals surface area contributed by atoms with Gasteiger partial charge in [-0.15, -0.1) is 0 Å². The van der Waals surface area contributed by atoms with Crippen LogP contribution in [0.4, 0.5) is 4.79 Å². The van der Waals surface area contributed by atoms with Crippen LogP contribution in [0.5, 0.6) is 0 Å². The number of hydrogen-bond acceptors (Lipinski definition) is 2. The quantitative estimate of drug-likeness (QED) is 0.561. The third-order valence-electron chi connectivity index (χ3n) is 3.37. The SMILES string of the molecule is O=C1NC2C3CCCC2C3O1. The number of hydrogen-bond donors (Lipinski definition) is 1. The highest BCUT2D eigenvalue weighted by atomic mass is 16.6. The van der Waals surface area contributed by atoms with Crippen LogP contribution in [0.15, 0.2) is 0 Å². The summed E-state index contributed by atoms with van der Waals surface area (Å²) < 4.78 is 5.17. The van der Waals surface area contributed by atoms with Crippen LogP contribution in [0, 0.1) is 11.8 Å². The second-order valence-corrected chi connectivity index (χ2v) is 3.80. The maximum absolute atomic E-state index is 10.8. The molecule has 1 amide bonds. The highest BCUT2D eigenvalue weighted by Gasteiger charge is 2.58. The fourth-order valence-corrected chi connectivity index (χ4v) is 2.86. The predicted octanol–water partition coefficient (Wildman–Crippen LogP) is 0.893. The molecule has 2 aliphatic heterocycles. The Kier molecular flexibility index (Phi) is 0.910. The summed E-state index contributed by atoms with van der Waals surface area (Å²) in [4.78, 5) is 10.8. The van der Waals surface area contributed by atoms with E-state index in [1.165, 1.54) is 19.3 Å². The highest BCUT2D eigenvalue weighted by molar-refractivity contribution is 5.70. The first kappa shape index (κ1) is 5.86. The molecule has 2 atom stereocenters. The van der Waals surface area contributed by atoms with E-state index in [0.29, 0.717) is 17.9 Å². The molecule has 0 aromatic heterocycles. The molecule has 1 N–H and O–H groups in total. The zero-order valence-electron chi connectivity index (χ0n) is 6.25. The minimum absolute atomic E-state index is 0.200. The number of ether oxygens (including phenoxy) is 1. The first-order valence-electron chi connectivity index (χ1n) is 4.33. The monoisotopic (exact) mass is 153 g/mol. The van der Waals surface area contributed by atoms with Crippen molar-refractivity contribution in [3.8, 4) is 0 Å². The summed E-state index contributed by atoms with van der Waals surface area (Å²) >= 11 is 0. The van der Waals surface area contributed by atoms with E-state index < -0.39 is 0 Å². The van der Waals surface area contributed by atoms with Crippen LogP contribution in [0.1, 0.15) is 19.3 Å². The van der Waals surface area contributed by atoms with E-state index in [0.717, 1.165) is 0 Å². The molecule has 0 aromatic carbocycles. The summed E-state index contributed by atoms with van der Waals surface area (Å²) in [7, 11) is 0. The molecule has 11 heavy (non-hydrogen) atoms. The van der Waals surface area contributed by atoms with Crippen LogP contribution in [0.3, 0.4) is 0 Å². The third-order valence-corrected chi connectivity index (χ3v) is 3.37. The van der Waals surface area contributed by atoms with Gasteiger partial charge in [-0.05, 0) is 12.8 Å². The van der Waals surface area contributed by atoms with E-state index in [1.807, 2.05) is 0 Å². The molecule has 0 aromatic rings. The molecular formula is C8H11NO2. The van der Waals surface area contributed by atoms with Gasteiger partial charge >= 0.3 is 6.09 Å². The number of carbonyl (C=O) groups excluding carboxylic acids is 1. The second kappa shape index (κ2) is 1.71. The van der Waals surface area contributed by atoms with E-state index in [9.17, 15) is 4.79 Å². The van der Waals surface area contributed by atoms with E-state index in [-0.39, 0.29) is 12.2 Å². The standard InChI is InChI=1S/C8H11NO2/c10-8-9-6-4-2-1-3-5(6)7(4)11-8/h4-7H,1-3H2,(H,9,10). The Bertz CT molecular complexity index is 188. The lowest BCUT2D eigenvalue weighted by molar-refractivity contribution is -0.141. The Labute approximate surface area is 65.1 Å². The van der Waals surface area contributed by atoms with Crippen molar-refractivity contribution in [1.82, 2.24) is 5.32 Å². The molecule has 0 radical (unpaired) electrons. The van der Waals surface area contributed by atoms with Gasteiger partial charge in [0.1, 0.15) is 6.10 Å². The average Bonchev–Trinajstić information content (AvgIpc) is 2.06. The minimum atomic E-state index is -0.200. The number of nitrogens with one attached hydrogen (secondary N) is 1.